The molecule has 2 amide bonds. The third-order valence-electron chi connectivity index (χ3n) is 5.09. The molecule has 0 aliphatic heterocycles. The van der Waals surface area contributed by atoms with Crippen LogP contribution in [0.3, 0.4) is 0 Å². The first-order valence-electron chi connectivity index (χ1n) is 10.6. The van der Waals surface area contributed by atoms with Crippen LogP contribution in [0.25, 0.3) is 15.9 Å². The average molecular weight is 501 g/mol. The number of carbonyl (C=O) groups excluding carboxylic acids is 2. The Kier molecular flexibility index (Phi) is 7.33. The van der Waals surface area contributed by atoms with Gasteiger partial charge in [0, 0.05) is 23.5 Å². The zero-order valence-electron chi connectivity index (χ0n) is 17.9. The van der Waals surface area contributed by atoms with Crippen LogP contribution in [0.2, 0.25) is 10.0 Å². The summed E-state index contributed by atoms with van der Waals surface area (Å²) in [6, 6.07) is 16.3. The number of fused-ring (bicyclic) bond motifs is 1. The first kappa shape index (κ1) is 23.3. The predicted molar refractivity (Wildman–Crippen MR) is 134 cm³/mol. The molecule has 0 aliphatic rings. The van der Waals surface area contributed by atoms with Gasteiger partial charge in [-0.2, -0.15) is 5.10 Å². The Labute approximate surface area is 205 Å². The van der Waals surface area contributed by atoms with E-state index >= 15 is 0 Å². The van der Waals surface area contributed by atoms with Gasteiger partial charge in [0.05, 0.1) is 26.8 Å². The number of aryl methyl sites for hydroxylation is 1. The molecule has 0 spiro atoms. The molecule has 4 rings (SSSR count). The standard InChI is InChI=1S/C24H22Cl2N4O2S/c1-2-20-18-14-21(33-24(18)30(29-20)16-8-5-7-15(25)13-16)23(32)28-12-6-11-27-22(31)17-9-3-4-10-19(17)26/h3-5,7-10,13-14H,2,6,11-12H2,1H3,(H,27,31)(H,28,32). The Morgan fingerprint density at radius 2 is 1.76 bits per heavy atom. The monoisotopic (exact) mass is 500 g/mol. The van der Waals surface area contributed by atoms with E-state index in [0.29, 0.717) is 40.0 Å². The fourth-order valence-electron chi connectivity index (χ4n) is 3.44. The van der Waals surface area contributed by atoms with Gasteiger partial charge < -0.3 is 10.6 Å². The maximum absolute atomic E-state index is 12.7. The topological polar surface area (TPSA) is 76.0 Å². The molecule has 9 heteroatoms. The van der Waals surface area contributed by atoms with Crippen LogP contribution >= 0.6 is 34.5 Å². The van der Waals surface area contributed by atoms with Crippen LogP contribution in [-0.2, 0) is 6.42 Å². The molecule has 170 valence electrons. The third-order valence-corrected chi connectivity index (χ3v) is 6.77. The molecule has 0 saturated heterocycles. The number of halogens is 2. The lowest BCUT2D eigenvalue weighted by Crippen LogP contribution is -2.29. The Balaban J connectivity index is 1.37. The second-order valence-corrected chi connectivity index (χ2v) is 9.24. The molecule has 2 aromatic carbocycles. The second-order valence-electron chi connectivity index (χ2n) is 7.37. The number of rotatable bonds is 8. The Morgan fingerprint density at radius 3 is 2.48 bits per heavy atom. The van der Waals surface area contributed by atoms with Crippen LogP contribution in [-0.4, -0.2) is 34.7 Å². The average Bonchev–Trinajstić information content (AvgIpc) is 3.38. The predicted octanol–water partition coefficient (Wildman–Crippen LogP) is 5.51. The van der Waals surface area contributed by atoms with Crippen molar-refractivity contribution in [3.05, 3.63) is 80.8 Å². The van der Waals surface area contributed by atoms with E-state index in [0.717, 1.165) is 28.0 Å². The number of nitrogens with one attached hydrogen (secondary N) is 2. The number of hydrogen-bond donors (Lipinski definition) is 2. The summed E-state index contributed by atoms with van der Waals surface area (Å²) >= 11 is 13.6. The second kappa shape index (κ2) is 10.4. The van der Waals surface area contributed by atoms with Crippen molar-refractivity contribution >= 4 is 56.6 Å². The molecule has 2 N–H and O–H groups in total. The van der Waals surface area contributed by atoms with Crippen molar-refractivity contribution in [1.29, 1.82) is 0 Å². The summed E-state index contributed by atoms with van der Waals surface area (Å²) in [6.45, 7) is 2.91. The van der Waals surface area contributed by atoms with Gasteiger partial charge >= 0.3 is 0 Å². The fourth-order valence-corrected chi connectivity index (χ4v) is 4.92. The van der Waals surface area contributed by atoms with E-state index < -0.39 is 0 Å². The molecule has 0 saturated carbocycles. The number of aromatic nitrogens is 2. The molecule has 6 nitrogen and oxygen atoms in total. The van der Waals surface area contributed by atoms with Gasteiger partial charge in [-0.25, -0.2) is 4.68 Å². The molecule has 0 fully saturated rings. The van der Waals surface area contributed by atoms with Crippen molar-refractivity contribution in [2.24, 2.45) is 0 Å². The number of benzene rings is 2. The molecule has 33 heavy (non-hydrogen) atoms. The summed E-state index contributed by atoms with van der Waals surface area (Å²) in [6.07, 6.45) is 1.36. The van der Waals surface area contributed by atoms with Crippen LogP contribution in [0.4, 0.5) is 0 Å². The smallest absolute Gasteiger partial charge is 0.261 e. The fraction of sp³-hybridized carbons (Fsp3) is 0.208. The van der Waals surface area contributed by atoms with Crippen LogP contribution in [0, 0.1) is 0 Å². The molecular weight excluding hydrogens is 479 g/mol. The summed E-state index contributed by atoms with van der Waals surface area (Å²) in [5, 5.41) is 12.5. The zero-order valence-corrected chi connectivity index (χ0v) is 20.2. The van der Waals surface area contributed by atoms with Gasteiger partial charge in [0.15, 0.2) is 0 Å². The molecule has 0 aliphatic carbocycles. The molecule has 4 aromatic rings. The Morgan fingerprint density at radius 1 is 1.00 bits per heavy atom. The quantitative estimate of drug-likeness (QED) is 0.313. The van der Waals surface area contributed by atoms with Gasteiger partial charge in [-0.15, -0.1) is 11.3 Å². The van der Waals surface area contributed by atoms with Gasteiger partial charge in [-0.3, -0.25) is 9.59 Å². The van der Waals surface area contributed by atoms with Gasteiger partial charge in [-0.1, -0.05) is 48.3 Å². The van der Waals surface area contributed by atoms with Gasteiger partial charge in [0.1, 0.15) is 4.83 Å². The van der Waals surface area contributed by atoms with Gasteiger partial charge in [-0.05, 0) is 49.2 Å². The normalized spacial score (nSPS) is 11.0. The summed E-state index contributed by atoms with van der Waals surface area (Å²) in [5.74, 6) is -0.373. The largest absolute Gasteiger partial charge is 0.352 e. The minimum Gasteiger partial charge on any atom is -0.352 e. The summed E-state index contributed by atoms with van der Waals surface area (Å²) in [5.41, 5.74) is 2.23. The van der Waals surface area contributed by atoms with Crippen molar-refractivity contribution in [2.45, 2.75) is 19.8 Å². The van der Waals surface area contributed by atoms with Crippen molar-refractivity contribution in [1.82, 2.24) is 20.4 Å². The summed E-state index contributed by atoms with van der Waals surface area (Å²) in [7, 11) is 0. The minimum atomic E-state index is -0.228. The highest BCUT2D eigenvalue weighted by Gasteiger charge is 2.18. The molecule has 0 unspecified atom stereocenters. The lowest BCUT2D eigenvalue weighted by atomic mass is 10.2. The highest BCUT2D eigenvalue weighted by Crippen LogP contribution is 2.31. The molecule has 2 aromatic heterocycles. The number of hydrogen-bond acceptors (Lipinski definition) is 4. The molecule has 0 bridgehead atoms. The van der Waals surface area contributed by atoms with E-state index in [1.165, 1.54) is 11.3 Å². The number of amides is 2. The Hall–Kier alpha value is -2.87. The lowest BCUT2D eigenvalue weighted by molar-refractivity contribution is 0.0953. The van der Waals surface area contributed by atoms with Crippen molar-refractivity contribution in [3.63, 3.8) is 0 Å². The minimum absolute atomic E-state index is 0.145. The van der Waals surface area contributed by atoms with Gasteiger partial charge in [0.2, 0.25) is 0 Å². The van der Waals surface area contributed by atoms with Gasteiger partial charge in [0.25, 0.3) is 11.8 Å². The summed E-state index contributed by atoms with van der Waals surface area (Å²) < 4.78 is 1.84. The SMILES string of the molecule is CCc1nn(-c2cccc(Cl)c2)c2sc(C(=O)NCCCNC(=O)c3ccccc3Cl)cc12. The van der Waals surface area contributed by atoms with Crippen molar-refractivity contribution < 1.29 is 9.59 Å². The maximum Gasteiger partial charge on any atom is 0.261 e. The maximum atomic E-state index is 12.7. The van der Waals surface area contributed by atoms with Crippen molar-refractivity contribution in [2.75, 3.05) is 13.1 Å². The highest BCUT2D eigenvalue weighted by atomic mass is 35.5. The van der Waals surface area contributed by atoms with E-state index in [1.54, 1.807) is 24.3 Å². The number of thiophene rings is 1. The van der Waals surface area contributed by atoms with E-state index in [1.807, 2.05) is 41.9 Å². The lowest BCUT2D eigenvalue weighted by Gasteiger charge is -2.07. The van der Waals surface area contributed by atoms with Crippen LogP contribution < -0.4 is 10.6 Å². The van der Waals surface area contributed by atoms with E-state index in [2.05, 4.69) is 10.6 Å². The molecular formula is C24H22Cl2N4O2S. The summed E-state index contributed by atoms with van der Waals surface area (Å²) in [4.78, 5) is 26.4. The van der Waals surface area contributed by atoms with E-state index in [9.17, 15) is 9.59 Å². The number of carbonyl (C=O) groups is 2. The van der Waals surface area contributed by atoms with E-state index in [4.69, 9.17) is 28.3 Å². The third kappa shape index (κ3) is 5.21. The van der Waals surface area contributed by atoms with Crippen LogP contribution in [0.1, 0.15) is 39.1 Å². The molecule has 2 heterocycles. The highest BCUT2D eigenvalue weighted by molar-refractivity contribution is 7.20. The molecule has 0 radical (unpaired) electrons. The molecule has 0 atom stereocenters. The number of nitrogens with zero attached hydrogens (tertiary/aromatic N) is 2. The Bertz CT molecular complexity index is 1320. The first-order valence-corrected chi connectivity index (χ1v) is 12.1. The van der Waals surface area contributed by atoms with E-state index in [-0.39, 0.29) is 11.8 Å². The van der Waals surface area contributed by atoms with Crippen molar-refractivity contribution in [3.8, 4) is 5.69 Å². The van der Waals surface area contributed by atoms with Crippen LogP contribution in [0.15, 0.2) is 54.6 Å². The van der Waals surface area contributed by atoms with Crippen LogP contribution in [0.5, 0.6) is 0 Å². The zero-order chi connectivity index (χ0) is 23.4. The first-order chi connectivity index (χ1) is 16.0.